The molecule has 0 atom stereocenters. The largest absolute Gasteiger partial charge is 0.478 e. The standard InChI is InChI=1S/C17H15NO4S/c1-12-8-10-15(11-9-12)23(21,22)18-16(13(2)17(19)20)14-6-4-3-5-7-14/h3-11H,2H2,1H3,(H,19,20)/b18-16+. The van der Waals surface area contributed by atoms with Crippen LogP contribution in [0.15, 0.2) is 76.0 Å². The van der Waals surface area contributed by atoms with E-state index in [2.05, 4.69) is 11.0 Å². The van der Waals surface area contributed by atoms with Crippen LogP contribution in [0.25, 0.3) is 0 Å². The molecule has 0 aliphatic carbocycles. The Hall–Kier alpha value is -2.73. The number of nitrogens with zero attached hydrogens (tertiary/aromatic N) is 1. The van der Waals surface area contributed by atoms with Crippen molar-refractivity contribution < 1.29 is 18.3 Å². The SMILES string of the molecule is C=C(C(=O)O)/C(=N\S(=O)(=O)c1ccc(C)cc1)c1ccccc1. The number of carboxylic acids is 1. The van der Waals surface area contributed by atoms with E-state index in [-0.39, 0.29) is 16.2 Å². The van der Waals surface area contributed by atoms with Gasteiger partial charge >= 0.3 is 5.97 Å². The Morgan fingerprint density at radius 3 is 2.13 bits per heavy atom. The summed E-state index contributed by atoms with van der Waals surface area (Å²) >= 11 is 0. The quantitative estimate of drug-likeness (QED) is 0.675. The minimum Gasteiger partial charge on any atom is -0.478 e. The van der Waals surface area contributed by atoms with E-state index in [4.69, 9.17) is 5.11 Å². The lowest BCUT2D eigenvalue weighted by atomic mass is 10.0. The molecule has 2 rings (SSSR count). The summed E-state index contributed by atoms with van der Waals surface area (Å²) in [6.07, 6.45) is 0. The lowest BCUT2D eigenvalue weighted by molar-refractivity contribution is -0.132. The lowest BCUT2D eigenvalue weighted by Crippen LogP contribution is -2.15. The normalized spacial score (nSPS) is 12.0. The summed E-state index contributed by atoms with van der Waals surface area (Å²) < 4.78 is 28.6. The van der Waals surface area contributed by atoms with Crippen molar-refractivity contribution in [2.75, 3.05) is 0 Å². The number of aryl methyl sites for hydroxylation is 1. The number of aliphatic carboxylic acids is 1. The Labute approximate surface area is 134 Å². The van der Waals surface area contributed by atoms with E-state index in [9.17, 15) is 13.2 Å². The van der Waals surface area contributed by atoms with Gasteiger partial charge in [0.15, 0.2) is 0 Å². The molecule has 1 N–H and O–H groups in total. The molecule has 118 valence electrons. The molecule has 0 spiro atoms. The van der Waals surface area contributed by atoms with Gasteiger partial charge in [-0.3, -0.25) is 0 Å². The van der Waals surface area contributed by atoms with E-state index in [0.29, 0.717) is 5.56 Å². The zero-order valence-electron chi connectivity index (χ0n) is 12.4. The molecule has 0 amide bonds. The summed E-state index contributed by atoms with van der Waals surface area (Å²) in [5.41, 5.74) is 0.715. The van der Waals surface area contributed by atoms with Gasteiger partial charge in [0.25, 0.3) is 10.0 Å². The van der Waals surface area contributed by atoms with Gasteiger partial charge in [-0.25, -0.2) is 4.79 Å². The predicted molar refractivity (Wildman–Crippen MR) is 88.1 cm³/mol. The molecule has 6 heteroatoms. The molecule has 2 aromatic carbocycles. The Balaban J connectivity index is 2.58. The first kappa shape index (κ1) is 16.6. The molecule has 0 bridgehead atoms. The van der Waals surface area contributed by atoms with Gasteiger partial charge in [0.1, 0.15) is 0 Å². The van der Waals surface area contributed by atoms with Crippen molar-refractivity contribution in [2.45, 2.75) is 11.8 Å². The molecule has 0 saturated heterocycles. The van der Waals surface area contributed by atoms with Gasteiger partial charge in [0.2, 0.25) is 0 Å². The van der Waals surface area contributed by atoms with Crippen molar-refractivity contribution in [3.63, 3.8) is 0 Å². The van der Waals surface area contributed by atoms with Crippen LogP contribution < -0.4 is 0 Å². The van der Waals surface area contributed by atoms with E-state index in [1.54, 1.807) is 42.5 Å². The first-order valence-electron chi connectivity index (χ1n) is 6.71. The summed E-state index contributed by atoms with van der Waals surface area (Å²) in [6, 6.07) is 14.4. The molecule has 0 heterocycles. The highest BCUT2D eigenvalue weighted by Crippen LogP contribution is 2.17. The van der Waals surface area contributed by atoms with Crippen LogP contribution in [-0.2, 0) is 14.8 Å². The molecular weight excluding hydrogens is 314 g/mol. The molecule has 2 aromatic rings. The van der Waals surface area contributed by atoms with Crippen LogP contribution in [0.3, 0.4) is 0 Å². The molecule has 0 fully saturated rings. The highest BCUT2D eigenvalue weighted by atomic mass is 32.2. The number of rotatable bonds is 5. The number of hydrogen-bond acceptors (Lipinski definition) is 3. The molecule has 0 aliphatic rings. The Bertz CT molecular complexity index is 867. The van der Waals surface area contributed by atoms with Gasteiger partial charge in [-0.05, 0) is 19.1 Å². The average molecular weight is 329 g/mol. The molecule has 0 saturated carbocycles. The summed E-state index contributed by atoms with van der Waals surface area (Å²) in [5, 5.41) is 9.14. The maximum absolute atomic E-state index is 12.4. The molecule has 5 nitrogen and oxygen atoms in total. The highest BCUT2D eigenvalue weighted by Gasteiger charge is 2.20. The van der Waals surface area contributed by atoms with Gasteiger partial charge in [0.05, 0.1) is 16.2 Å². The number of sulfonamides is 1. The van der Waals surface area contributed by atoms with Crippen LogP contribution in [0.5, 0.6) is 0 Å². The second-order valence-corrected chi connectivity index (χ2v) is 6.48. The molecule has 0 radical (unpaired) electrons. The van der Waals surface area contributed by atoms with Crippen molar-refractivity contribution >= 4 is 21.7 Å². The van der Waals surface area contributed by atoms with Gasteiger partial charge in [-0.15, -0.1) is 0 Å². The van der Waals surface area contributed by atoms with Crippen molar-refractivity contribution in [3.8, 4) is 0 Å². The van der Waals surface area contributed by atoms with Crippen molar-refractivity contribution in [2.24, 2.45) is 4.40 Å². The van der Waals surface area contributed by atoms with Gasteiger partial charge in [-0.2, -0.15) is 12.8 Å². The van der Waals surface area contributed by atoms with Crippen LogP contribution in [0, 0.1) is 6.92 Å². The number of hydrogen-bond donors (Lipinski definition) is 1. The predicted octanol–water partition coefficient (Wildman–Crippen LogP) is 2.81. The summed E-state index contributed by atoms with van der Waals surface area (Å²) in [5.74, 6) is -1.33. The smallest absolute Gasteiger partial charge is 0.337 e. The Morgan fingerprint density at radius 1 is 1.04 bits per heavy atom. The van der Waals surface area contributed by atoms with Gasteiger partial charge in [-0.1, -0.05) is 54.6 Å². The van der Waals surface area contributed by atoms with Crippen molar-refractivity contribution in [1.29, 1.82) is 0 Å². The topological polar surface area (TPSA) is 83.8 Å². The minimum absolute atomic E-state index is 0.00489. The van der Waals surface area contributed by atoms with E-state index < -0.39 is 16.0 Å². The van der Waals surface area contributed by atoms with Gasteiger partial charge in [0, 0.05) is 5.56 Å². The van der Waals surface area contributed by atoms with E-state index in [1.165, 1.54) is 12.1 Å². The average Bonchev–Trinajstić information content (AvgIpc) is 2.53. The second kappa shape index (κ2) is 6.58. The maximum Gasteiger partial charge on any atom is 0.337 e. The van der Waals surface area contributed by atoms with E-state index >= 15 is 0 Å². The van der Waals surface area contributed by atoms with Crippen LogP contribution >= 0.6 is 0 Å². The zero-order valence-corrected chi connectivity index (χ0v) is 13.2. The van der Waals surface area contributed by atoms with Crippen molar-refractivity contribution in [3.05, 3.63) is 77.9 Å². The number of benzene rings is 2. The molecule has 0 aromatic heterocycles. The van der Waals surface area contributed by atoms with Gasteiger partial charge < -0.3 is 5.11 Å². The minimum atomic E-state index is -4.04. The Morgan fingerprint density at radius 2 is 1.61 bits per heavy atom. The second-order valence-electron chi connectivity index (χ2n) is 4.88. The molecule has 23 heavy (non-hydrogen) atoms. The fourth-order valence-electron chi connectivity index (χ4n) is 1.86. The number of carbonyl (C=O) groups is 1. The summed E-state index contributed by atoms with van der Waals surface area (Å²) in [4.78, 5) is 11.2. The van der Waals surface area contributed by atoms with Crippen LogP contribution in [-0.4, -0.2) is 25.2 Å². The molecule has 0 aliphatic heterocycles. The molecule has 0 unspecified atom stereocenters. The molecular formula is C17H15NO4S. The third kappa shape index (κ3) is 3.92. The fraction of sp³-hybridized carbons (Fsp3) is 0.0588. The van der Waals surface area contributed by atoms with Crippen LogP contribution in [0.2, 0.25) is 0 Å². The maximum atomic E-state index is 12.4. The van der Waals surface area contributed by atoms with Crippen LogP contribution in [0.4, 0.5) is 0 Å². The van der Waals surface area contributed by atoms with E-state index in [0.717, 1.165) is 5.56 Å². The summed E-state index contributed by atoms with van der Waals surface area (Å²) in [7, 11) is -4.04. The van der Waals surface area contributed by atoms with E-state index in [1.807, 2.05) is 6.92 Å². The monoisotopic (exact) mass is 329 g/mol. The zero-order chi connectivity index (χ0) is 17.0. The first-order valence-corrected chi connectivity index (χ1v) is 8.15. The third-order valence-corrected chi connectivity index (χ3v) is 4.41. The Kier molecular flexibility index (Phi) is 4.76. The van der Waals surface area contributed by atoms with Crippen molar-refractivity contribution in [1.82, 2.24) is 0 Å². The summed E-state index contributed by atoms with van der Waals surface area (Å²) in [6.45, 7) is 5.26. The highest BCUT2D eigenvalue weighted by molar-refractivity contribution is 7.90. The lowest BCUT2D eigenvalue weighted by Gasteiger charge is -2.07. The fourth-order valence-corrected chi connectivity index (χ4v) is 2.90. The first-order chi connectivity index (χ1) is 10.8. The van der Waals surface area contributed by atoms with Crippen LogP contribution in [0.1, 0.15) is 11.1 Å². The third-order valence-electron chi connectivity index (χ3n) is 3.12. The number of carboxylic acid groups (broad SMARTS) is 1.